The first kappa shape index (κ1) is 17.1. The summed E-state index contributed by atoms with van der Waals surface area (Å²) in [6.45, 7) is 10.4. The van der Waals surface area contributed by atoms with Gasteiger partial charge in [-0.15, -0.1) is 0 Å². The van der Waals surface area contributed by atoms with Crippen molar-refractivity contribution in [3.8, 4) is 0 Å². The number of nitrogens with zero attached hydrogens (tertiary/aromatic N) is 4. The van der Waals surface area contributed by atoms with Crippen molar-refractivity contribution < 1.29 is 9.84 Å². The minimum absolute atomic E-state index is 0.128. The Morgan fingerprint density at radius 1 is 1.21 bits per heavy atom. The van der Waals surface area contributed by atoms with E-state index >= 15 is 0 Å². The maximum absolute atomic E-state index is 9.02. The fraction of sp³-hybridized carbons (Fsp3) is 0.647. The van der Waals surface area contributed by atoms with E-state index < -0.39 is 0 Å². The Balaban J connectivity index is 1.89. The van der Waals surface area contributed by atoms with Crippen molar-refractivity contribution in [2.45, 2.75) is 33.4 Å². The topological polar surface area (TPSA) is 79.3 Å². The van der Waals surface area contributed by atoms with Crippen LogP contribution >= 0.6 is 0 Å². The van der Waals surface area contributed by atoms with Crippen LogP contribution in [0.3, 0.4) is 0 Å². The van der Waals surface area contributed by atoms with Gasteiger partial charge in [0.1, 0.15) is 11.1 Å². The molecule has 0 aromatic carbocycles. The summed E-state index contributed by atoms with van der Waals surface area (Å²) < 4.78 is 9.45. The van der Waals surface area contributed by atoms with Gasteiger partial charge in [-0.25, -0.2) is 4.98 Å². The Labute approximate surface area is 142 Å². The molecule has 2 aromatic heterocycles. The molecule has 132 valence electrons. The maximum Gasteiger partial charge on any atom is 0.145 e. The molecule has 0 aliphatic carbocycles. The van der Waals surface area contributed by atoms with Crippen LogP contribution in [0.2, 0.25) is 0 Å². The summed E-state index contributed by atoms with van der Waals surface area (Å²) in [6.07, 6.45) is 2.37. The minimum Gasteiger partial charge on any atom is -0.396 e. The van der Waals surface area contributed by atoms with Crippen LogP contribution < -0.4 is 5.49 Å². The third-order valence-corrected chi connectivity index (χ3v) is 4.95. The highest BCUT2D eigenvalue weighted by atomic mass is 16.5. The van der Waals surface area contributed by atoms with E-state index in [-0.39, 0.29) is 6.61 Å². The third kappa shape index (κ3) is 3.24. The molecule has 7 heteroatoms. The van der Waals surface area contributed by atoms with Crippen LogP contribution in [0.5, 0.6) is 0 Å². The number of rotatable bonds is 6. The number of aromatic nitrogens is 3. The molecule has 7 nitrogen and oxygen atoms in total. The SMILES string of the molecule is Cc1c(C)n(CCN2CCOCC2)c2ncn(CCCO)c(=N)c12. The average molecular weight is 333 g/mol. The van der Waals surface area contributed by atoms with E-state index in [1.165, 1.54) is 5.69 Å². The fourth-order valence-electron chi connectivity index (χ4n) is 3.34. The summed E-state index contributed by atoms with van der Waals surface area (Å²) >= 11 is 0. The van der Waals surface area contributed by atoms with Crippen LogP contribution in [0.15, 0.2) is 6.33 Å². The lowest BCUT2D eigenvalue weighted by Gasteiger charge is -2.26. The van der Waals surface area contributed by atoms with E-state index in [0.29, 0.717) is 18.5 Å². The molecular weight excluding hydrogens is 306 g/mol. The molecule has 1 saturated heterocycles. The number of nitrogens with one attached hydrogen (secondary N) is 1. The molecule has 24 heavy (non-hydrogen) atoms. The largest absolute Gasteiger partial charge is 0.396 e. The molecule has 0 spiro atoms. The van der Waals surface area contributed by atoms with Gasteiger partial charge in [-0.2, -0.15) is 0 Å². The first-order chi connectivity index (χ1) is 11.6. The molecule has 0 radical (unpaired) electrons. The normalized spacial score (nSPS) is 16.1. The highest BCUT2D eigenvalue weighted by Gasteiger charge is 2.16. The van der Waals surface area contributed by atoms with Gasteiger partial charge in [0.25, 0.3) is 0 Å². The van der Waals surface area contributed by atoms with Crippen LogP contribution in [0.25, 0.3) is 11.0 Å². The fourth-order valence-corrected chi connectivity index (χ4v) is 3.34. The van der Waals surface area contributed by atoms with Crippen LogP contribution in [-0.2, 0) is 17.8 Å². The first-order valence-corrected chi connectivity index (χ1v) is 8.64. The number of aryl methyl sites for hydroxylation is 2. The lowest BCUT2D eigenvalue weighted by atomic mass is 10.2. The predicted octanol–water partition coefficient (Wildman–Crippen LogP) is 0.649. The lowest BCUT2D eigenvalue weighted by molar-refractivity contribution is 0.0364. The van der Waals surface area contributed by atoms with Gasteiger partial charge in [-0.1, -0.05) is 0 Å². The van der Waals surface area contributed by atoms with Crippen LogP contribution in [-0.4, -0.2) is 63.6 Å². The molecule has 3 rings (SSSR count). The van der Waals surface area contributed by atoms with Crippen molar-refractivity contribution in [3.63, 3.8) is 0 Å². The third-order valence-electron chi connectivity index (χ3n) is 4.95. The molecule has 2 aromatic rings. The molecule has 0 amide bonds. The number of hydrogen-bond donors (Lipinski definition) is 2. The van der Waals surface area contributed by atoms with Gasteiger partial charge in [0.15, 0.2) is 0 Å². The van der Waals surface area contributed by atoms with E-state index in [1.54, 1.807) is 6.33 Å². The molecule has 2 N–H and O–H groups in total. The number of hydrogen-bond acceptors (Lipinski definition) is 5. The van der Waals surface area contributed by atoms with Crippen LogP contribution in [0, 0.1) is 19.3 Å². The molecule has 1 aliphatic heterocycles. The Kier molecular flexibility index (Phi) is 5.33. The van der Waals surface area contributed by atoms with E-state index in [9.17, 15) is 0 Å². The van der Waals surface area contributed by atoms with Crippen molar-refractivity contribution in [2.75, 3.05) is 39.5 Å². The smallest absolute Gasteiger partial charge is 0.145 e. The molecule has 1 aliphatic rings. The maximum atomic E-state index is 9.02. The summed E-state index contributed by atoms with van der Waals surface area (Å²) in [5, 5.41) is 18.4. The Morgan fingerprint density at radius 2 is 1.96 bits per heavy atom. The van der Waals surface area contributed by atoms with Gasteiger partial charge < -0.3 is 19.0 Å². The Bertz CT molecular complexity index is 758. The van der Waals surface area contributed by atoms with Gasteiger partial charge in [-0.05, 0) is 25.8 Å². The average Bonchev–Trinajstić information content (AvgIpc) is 2.85. The van der Waals surface area contributed by atoms with E-state index in [0.717, 1.165) is 56.0 Å². The summed E-state index contributed by atoms with van der Waals surface area (Å²) in [4.78, 5) is 7.03. The number of fused-ring (bicyclic) bond motifs is 1. The molecule has 0 saturated carbocycles. The van der Waals surface area contributed by atoms with Crippen LogP contribution in [0.1, 0.15) is 17.7 Å². The van der Waals surface area contributed by atoms with E-state index in [1.807, 2.05) is 4.57 Å². The van der Waals surface area contributed by atoms with Crippen molar-refractivity contribution in [1.82, 2.24) is 19.0 Å². The van der Waals surface area contributed by atoms with Crippen molar-refractivity contribution >= 4 is 11.0 Å². The van der Waals surface area contributed by atoms with Gasteiger partial charge in [-0.3, -0.25) is 10.3 Å². The molecule has 1 fully saturated rings. The molecule has 0 unspecified atom stereocenters. The van der Waals surface area contributed by atoms with Crippen LogP contribution in [0.4, 0.5) is 0 Å². The zero-order valence-electron chi connectivity index (χ0n) is 14.6. The zero-order valence-corrected chi connectivity index (χ0v) is 14.6. The van der Waals surface area contributed by atoms with Crippen molar-refractivity contribution in [1.29, 1.82) is 5.41 Å². The number of aliphatic hydroxyl groups is 1. The highest BCUT2D eigenvalue weighted by Crippen LogP contribution is 2.20. The van der Waals surface area contributed by atoms with Gasteiger partial charge in [0.2, 0.25) is 0 Å². The monoisotopic (exact) mass is 333 g/mol. The second-order valence-corrected chi connectivity index (χ2v) is 6.38. The summed E-state index contributed by atoms with van der Waals surface area (Å²) in [7, 11) is 0. The lowest BCUT2D eigenvalue weighted by Crippen LogP contribution is -2.38. The highest BCUT2D eigenvalue weighted by molar-refractivity contribution is 5.80. The Hall–Kier alpha value is -1.70. The van der Waals surface area contributed by atoms with E-state index in [4.69, 9.17) is 15.3 Å². The van der Waals surface area contributed by atoms with Gasteiger partial charge in [0.05, 0.1) is 24.9 Å². The summed E-state index contributed by atoms with van der Waals surface area (Å²) in [6, 6.07) is 0. The minimum atomic E-state index is 0.128. The number of ether oxygens (including phenoxy) is 1. The second-order valence-electron chi connectivity index (χ2n) is 6.38. The van der Waals surface area contributed by atoms with E-state index in [2.05, 4.69) is 28.3 Å². The zero-order chi connectivity index (χ0) is 17.1. The summed E-state index contributed by atoms with van der Waals surface area (Å²) in [5.74, 6) is 0. The van der Waals surface area contributed by atoms with Crippen molar-refractivity contribution in [3.05, 3.63) is 23.1 Å². The molecule has 3 heterocycles. The molecular formula is C17H27N5O2. The molecule has 0 bridgehead atoms. The second kappa shape index (κ2) is 7.46. The quantitative estimate of drug-likeness (QED) is 0.813. The standard InChI is InChI=1S/C17H27N5O2/c1-13-14(2)22(6-5-20-7-10-24-11-8-20)17-15(13)16(18)21(12-19-17)4-3-9-23/h12,18,23H,3-11H2,1-2H3. The van der Waals surface area contributed by atoms with Crippen molar-refractivity contribution in [2.24, 2.45) is 0 Å². The number of aliphatic hydroxyl groups excluding tert-OH is 1. The first-order valence-electron chi connectivity index (χ1n) is 8.64. The predicted molar refractivity (Wildman–Crippen MR) is 92.0 cm³/mol. The van der Waals surface area contributed by atoms with Gasteiger partial charge in [0, 0.05) is 45.0 Å². The molecule has 0 atom stereocenters. The Morgan fingerprint density at radius 3 is 2.67 bits per heavy atom. The van der Waals surface area contributed by atoms with Gasteiger partial charge >= 0.3 is 0 Å². The summed E-state index contributed by atoms with van der Waals surface area (Å²) in [5.41, 5.74) is 3.68. The number of morpholine rings is 1.